The molecule has 1 N–H and O–H groups in total. The van der Waals surface area contributed by atoms with Gasteiger partial charge < -0.3 is 38.3 Å². The van der Waals surface area contributed by atoms with Crippen molar-refractivity contribution < 1.29 is 47.9 Å². The lowest BCUT2D eigenvalue weighted by Gasteiger charge is -2.25. The largest absolute Gasteiger partial charge is 0.504 e. The normalized spacial score (nSPS) is 16.7. The lowest BCUT2D eigenvalue weighted by Crippen LogP contribution is -2.20. The highest BCUT2D eigenvalue weighted by Gasteiger charge is 2.35. The quantitative estimate of drug-likeness (QED) is 0.206. The number of methoxy groups -OCH3 is 6. The summed E-state index contributed by atoms with van der Waals surface area (Å²) in [6, 6.07) is 4.48. The van der Waals surface area contributed by atoms with Gasteiger partial charge in [0.25, 0.3) is 0 Å². The number of phenols is 1. The predicted molar refractivity (Wildman–Crippen MR) is 157 cm³/mol. The third kappa shape index (κ3) is 8.50. The molecule has 1 aliphatic heterocycles. The van der Waals surface area contributed by atoms with E-state index in [2.05, 4.69) is 6.08 Å². The molecule has 1 atom stereocenters. The van der Waals surface area contributed by atoms with Crippen molar-refractivity contribution in [1.29, 1.82) is 0 Å². The Morgan fingerprint density at radius 2 is 1.48 bits per heavy atom. The zero-order chi connectivity index (χ0) is 30.6. The van der Waals surface area contributed by atoms with Crippen LogP contribution in [-0.4, -0.2) is 72.7 Å². The lowest BCUT2D eigenvalue weighted by molar-refractivity contribution is -0.0668. The van der Waals surface area contributed by atoms with E-state index in [9.17, 15) is 14.7 Å². The van der Waals surface area contributed by atoms with Crippen LogP contribution in [0.25, 0.3) is 6.08 Å². The highest BCUT2D eigenvalue weighted by Crippen LogP contribution is 2.47. The summed E-state index contributed by atoms with van der Waals surface area (Å²) in [5.74, 6) is 3.53. The second kappa shape index (κ2) is 15.8. The Morgan fingerprint density at radius 1 is 0.833 bits per heavy atom. The molecule has 2 aliphatic carbocycles. The topological polar surface area (TPSA) is 119 Å². The van der Waals surface area contributed by atoms with E-state index in [-0.39, 0.29) is 23.9 Å². The zero-order valence-electron chi connectivity index (χ0n) is 25.0. The van der Waals surface area contributed by atoms with Gasteiger partial charge in [-0.15, -0.1) is 0 Å². The number of allylic oxidation sites excluding steroid dienone is 1. The van der Waals surface area contributed by atoms with Crippen LogP contribution >= 0.6 is 0 Å². The standard InChI is InChI=1S/C15H16O4.C9H10O4.C8H14O2/c1-17-13-7-10(8-16)11-5-6-12(9-3-4-9)19-14(11)15(13)18-2;1-12-8-4-6(5-10)3-7(11)9(8)13-2;1-9-8(10-2)6-5-7-3-4-7/h5-9,12H,3-4H2,1-2H3;3-5,11H,1-2H3;5-8H,3-4H2,1-2H3/b;;6-5-. The number of phenolic OH excluding ortho intramolecular Hbond substituents is 1. The highest BCUT2D eigenvalue weighted by atomic mass is 16.7. The van der Waals surface area contributed by atoms with Crippen LogP contribution in [-0.2, 0) is 9.47 Å². The van der Waals surface area contributed by atoms with Crippen molar-refractivity contribution in [2.24, 2.45) is 11.8 Å². The molecule has 0 radical (unpaired) electrons. The maximum Gasteiger partial charge on any atom is 0.203 e. The Kier molecular flexibility index (Phi) is 12.3. The molecule has 228 valence electrons. The molecule has 0 saturated heterocycles. The fourth-order valence-corrected chi connectivity index (χ4v) is 4.25. The molecule has 2 fully saturated rings. The summed E-state index contributed by atoms with van der Waals surface area (Å²) in [5, 5.41) is 9.37. The van der Waals surface area contributed by atoms with Crippen molar-refractivity contribution in [2.75, 3.05) is 42.7 Å². The summed E-state index contributed by atoms with van der Waals surface area (Å²) >= 11 is 0. The molecule has 2 aromatic rings. The predicted octanol–water partition coefficient (Wildman–Crippen LogP) is 5.49. The average Bonchev–Trinajstić information content (AvgIpc) is 3.95. The van der Waals surface area contributed by atoms with Gasteiger partial charge in [-0.3, -0.25) is 9.59 Å². The van der Waals surface area contributed by atoms with E-state index in [0.717, 1.165) is 17.8 Å². The van der Waals surface area contributed by atoms with Crippen molar-refractivity contribution in [3.8, 4) is 34.5 Å². The van der Waals surface area contributed by atoms with Crippen LogP contribution in [0.2, 0.25) is 0 Å². The van der Waals surface area contributed by atoms with Crippen LogP contribution in [0.4, 0.5) is 0 Å². The summed E-state index contributed by atoms with van der Waals surface area (Å²) in [5.41, 5.74) is 1.66. The number of carbonyl (C=O) groups excluding carboxylic acids is 2. The van der Waals surface area contributed by atoms with Crippen molar-refractivity contribution in [2.45, 2.75) is 38.1 Å². The first kappa shape index (κ1) is 32.5. The minimum atomic E-state index is -0.152. The van der Waals surface area contributed by atoms with Gasteiger partial charge in [0, 0.05) is 30.9 Å². The molecule has 10 nitrogen and oxygen atoms in total. The molecule has 2 saturated carbocycles. The molecule has 1 heterocycles. The van der Waals surface area contributed by atoms with Crippen LogP contribution in [0.3, 0.4) is 0 Å². The number of ether oxygens (including phenoxy) is 7. The summed E-state index contributed by atoms with van der Waals surface area (Å²) < 4.78 is 36.4. The van der Waals surface area contributed by atoms with Crippen LogP contribution in [0.1, 0.15) is 52.0 Å². The summed E-state index contributed by atoms with van der Waals surface area (Å²) in [6.45, 7) is 0. The minimum Gasteiger partial charge on any atom is -0.504 e. The second-order valence-corrected chi connectivity index (χ2v) is 9.80. The second-order valence-electron chi connectivity index (χ2n) is 9.80. The van der Waals surface area contributed by atoms with Crippen molar-refractivity contribution in [3.63, 3.8) is 0 Å². The zero-order valence-corrected chi connectivity index (χ0v) is 25.0. The van der Waals surface area contributed by atoms with Gasteiger partial charge in [-0.2, -0.15) is 0 Å². The van der Waals surface area contributed by atoms with Gasteiger partial charge in [0.15, 0.2) is 35.6 Å². The number of hydrogen-bond acceptors (Lipinski definition) is 10. The van der Waals surface area contributed by atoms with Gasteiger partial charge in [-0.05, 0) is 67.9 Å². The summed E-state index contributed by atoms with van der Waals surface area (Å²) in [4.78, 5) is 21.6. The number of rotatable bonds is 11. The van der Waals surface area contributed by atoms with Crippen LogP contribution in [0.15, 0.2) is 36.4 Å². The Morgan fingerprint density at radius 3 is 1.98 bits per heavy atom. The maximum absolute atomic E-state index is 11.2. The fraction of sp³-hybridized carbons (Fsp3) is 0.438. The third-order valence-corrected chi connectivity index (χ3v) is 6.86. The SMILES string of the molecule is COC(/C=C\C1CC1)OC.COc1cc(C=O)c2c(c1OC)OC(C1CC1)C=C2.COc1cc(C=O)cc(O)c1OC. The molecule has 10 heteroatoms. The number of aromatic hydroxyl groups is 1. The fourth-order valence-electron chi connectivity index (χ4n) is 4.25. The van der Waals surface area contributed by atoms with Crippen molar-refractivity contribution in [1.82, 2.24) is 0 Å². The summed E-state index contributed by atoms with van der Waals surface area (Å²) in [6.07, 6.45) is 14.5. The van der Waals surface area contributed by atoms with E-state index in [1.165, 1.54) is 52.0 Å². The molecule has 42 heavy (non-hydrogen) atoms. The Labute approximate surface area is 246 Å². The number of fused-ring (bicyclic) bond motifs is 1. The van der Waals surface area contributed by atoms with Crippen LogP contribution in [0.5, 0.6) is 34.5 Å². The van der Waals surface area contributed by atoms with Gasteiger partial charge in [-0.25, -0.2) is 0 Å². The molecule has 0 spiro atoms. The molecule has 3 aliphatic rings. The molecule has 0 bridgehead atoms. The summed E-state index contributed by atoms with van der Waals surface area (Å²) in [7, 11) is 9.27. The van der Waals surface area contributed by atoms with Gasteiger partial charge in [0.05, 0.1) is 28.4 Å². The molecular formula is C32H40O10. The molecule has 5 rings (SSSR count). The minimum absolute atomic E-state index is 0.0769. The lowest BCUT2D eigenvalue weighted by atomic mass is 10.0. The van der Waals surface area contributed by atoms with E-state index in [1.54, 1.807) is 34.5 Å². The third-order valence-electron chi connectivity index (χ3n) is 6.86. The smallest absolute Gasteiger partial charge is 0.203 e. The molecule has 1 unspecified atom stereocenters. The monoisotopic (exact) mass is 584 g/mol. The van der Waals surface area contributed by atoms with E-state index in [0.29, 0.717) is 46.3 Å². The molecule has 0 amide bonds. The van der Waals surface area contributed by atoms with E-state index >= 15 is 0 Å². The molecule has 2 aromatic carbocycles. The first-order valence-electron chi connectivity index (χ1n) is 13.6. The number of aldehydes is 2. The van der Waals surface area contributed by atoms with Gasteiger partial charge in [-0.1, -0.05) is 12.2 Å². The van der Waals surface area contributed by atoms with Crippen LogP contribution < -0.4 is 23.7 Å². The van der Waals surface area contributed by atoms with Crippen molar-refractivity contribution >= 4 is 18.6 Å². The Balaban J connectivity index is 0.000000184. The van der Waals surface area contributed by atoms with Gasteiger partial charge >= 0.3 is 0 Å². The average molecular weight is 585 g/mol. The van der Waals surface area contributed by atoms with E-state index in [4.69, 9.17) is 33.2 Å². The van der Waals surface area contributed by atoms with Crippen molar-refractivity contribution in [3.05, 3.63) is 53.1 Å². The Bertz CT molecular complexity index is 1260. The van der Waals surface area contributed by atoms with Crippen LogP contribution in [0, 0.1) is 11.8 Å². The first-order valence-corrected chi connectivity index (χ1v) is 13.6. The first-order chi connectivity index (χ1) is 20.4. The number of carbonyl (C=O) groups is 2. The maximum atomic E-state index is 11.2. The van der Waals surface area contributed by atoms with Gasteiger partial charge in [0.1, 0.15) is 12.4 Å². The van der Waals surface area contributed by atoms with Gasteiger partial charge in [0.2, 0.25) is 11.5 Å². The molecule has 0 aromatic heterocycles. The van der Waals surface area contributed by atoms with E-state index in [1.807, 2.05) is 18.2 Å². The van der Waals surface area contributed by atoms with E-state index < -0.39 is 0 Å². The Hall–Kier alpha value is -4.02. The number of hydrogen-bond donors (Lipinski definition) is 1. The number of benzene rings is 2. The molecular weight excluding hydrogens is 544 g/mol. The highest BCUT2D eigenvalue weighted by molar-refractivity contribution is 5.87.